The molecule has 0 bridgehead atoms. The van der Waals surface area contributed by atoms with Gasteiger partial charge in [-0.25, -0.2) is 0 Å². The Balaban J connectivity index is 1.63. The van der Waals surface area contributed by atoms with E-state index in [-0.39, 0.29) is 0 Å². The molecular weight excluding hydrogens is 284 g/mol. The van der Waals surface area contributed by atoms with Gasteiger partial charge in [-0.05, 0) is 36.9 Å². The fourth-order valence-corrected chi connectivity index (χ4v) is 2.64. The summed E-state index contributed by atoms with van der Waals surface area (Å²) in [6.45, 7) is 4.17. The van der Waals surface area contributed by atoms with E-state index in [0.29, 0.717) is 0 Å². The van der Waals surface area contributed by atoms with Crippen LogP contribution in [0, 0.1) is 0 Å². The number of hydrogen-bond donors (Lipinski definition) is 0. The monoisotopic (exact) mass is 308 g/mol. The molecule has 0 N–H and O–H groups in total. The van der Waals surface area contributed by atoms with E-state index in [1.165, 1.54) is 11.4 Å². The first-order valence-corrected chi connectivity index (χ1v) is 8.09. The van der Waals surface area contributed by atoms with Crippen molar-refractivity contribution in [2.75, 3.05) is 45.2 Å². The summed E-state index contributed by atoms with van der Waals surface area (Å²) in [7, 11) is 4.24. The van der Waals surface area contributed by atoms with Gasteiger partial charge in [0.15, 0.2) is 0 Å². The molecule has 0 aliphatic carbocycles. The summed E-state index contributed by atoms with van der Waals surface area (Å²) in [5.74, 6) is 0. The third-order valence-electron chi connectivity index (χ3n) is 4.27. The number of hydrazone groups is 1. The molecule has 23 heavy (non-hydrogen) atoms. The number of nitrogens with zero attached hydrogens (tertiary/aromatic N) is 4. The van der Waals surface area contributed by atoms with Crippen LogP contribution in [0.3, 0.4) is 0 Å². The number of likely N-dealkylation sites (N-methyl/N-ethyl adjacent to an activating group) is 1. The second kappa shape index (κ2) is 7.29. The second-order valence-corrected chi connectivity index (χ2v) is 5.99. The molecule has 0 spiro atoms. The molecule has 0 amide bonds. The minimum Gasteiger partial charge on any atom is -0.345 e. The van der Waals surface area contributed by atoms with E-state index in [9.17, 15) is 0 Å². The van der Waals surface area contributed by atoms with Crippen LogP contribution in [0.1, 0.15) is 5.56 Å². The molecule has 1 aliphatic rings. The minimum atomic E-state index is 1.00. The Morgan fingerprint density at radius 1 is 0.870 bits per heavy atom. The highest BCUT2D eigenvalue weighted by atomic mass is 15.5. The molecule has 1 aliphatic heterocycles. The minimum absolute atomic E-state index is 1.00. The van der Waals surface area contributed by atoms with Gasteiger partial charge in [0.2, 0.25) is 0 Å². The lowest BCUT2D eigenvalue weighted by molar-refractivity contribution is 0.159. The van der Waals surface area contributed by atoms with Crippen LogP contribution in [0.15, 0.2) is 59.7 Å². The second-order valence-electron chi connectivity index (χ2n) is 5.99. The van der Waals surface area contributed by atoms with E-state index in [2.05, 4.69) is 82.5 Å². The van der Waals surface area contributed by atoms with Gasteiger partial charge in [-0.1, -0.05) is 30.3 Å². The average molecular weight is 308 g/mol. The Morgan fingerprint density at radius 2 is 1.48 bits per heavy atom. The summed E-state index contributed by atoms with van der Waals surface area (Å²) in [6.07, 6.45) is 1.96. The Labute approximate surface area is 138 Å². The summed E-state index contributed by atoms with van der Waals surface area (Å²) in [4.78, 5) is 4.52. The van der Waals surface area contributed by atoms with E-state index in [4.69, 9.17) is 0 Å². The van der Waals surface area contributed by atoms with Crippen molar-refractivity contribution in [2.45, 2.75) is 0 Å². The molecule has 4 nitrogen and oxygen atoms in total. The first-order valence-electron chi connectivity index (χ1n) is 8.09. The van der Waals surface area contributed by atoms with Crippen molar-refractivity contribution in [3.05, 3.63) is 60.2 Å². The van der Waals surface area contributed by atoms with Gasteiger partial charge in [0.1, 0.15) is 0 Å². The molecule has 0 unspecified atom stereocenters. The molecule has 0 radical (unpaired) electrons. The van der Waals surface area contributed by atoms with Crippen LogP contribution in [0.4, 0.5) is 11.4 Å². The van der Waals surface area contributed by atoms with E-state index < -0.39 is 0 Å². The van der Waals surface area contributed by atoms with E-state index >= 15 is 0 Å². The van der Waals surface area contributed by atoms with Crippen LogP contribution in [0.2, 0.25) is 0 Å². The Morgan fingerprint density at radius 3 is 2.13 bits per heavy atom. The Kier molecular flexibility index (Phi) is 4.93. The zero-order valence-electron chi connectivity index (χ0n) is 13.9. The summed E-state index contributed by atoms with van der Waals surface area (Å²) < 4.78 is 0. The van der Waals surface area contributed by atoms with Gasteiger partial charge < -0.3 is 9.80 Å². The van der Waals surface area contributed by atoms with Crippen LogP contribution in [-0.4, -0.2) is 56.4 Å². The molecule has 2 aromatic carbocycles. The lowest BCUT2D eigenvalue weighted by Crippen LogP contribution is -2.41. The fourth-order valence-electron chi connectivity index (χ4n) is 2.64. The van der Waals surface area contributed by atoms with Gasteiger partial charge in [-0.2, -0.15) is 5.10 Å². The predicted octanol–water partition coefficient (Wildman–Crippen LogP) is 3.04. The normalized spacial score (nSPS) is 16.0. The maximum absolute atomic E-state index is 4.59. The van der Waals surface area contributed by atoms with Gasteiger partial charge in [0.05, 0.1) is 6.21 Å². The van der Waals surface area contributed by atoms with E-state index in [1.54, 1.807) is 0 Å². The zero-order valence-corrected chi connectivity index (χ0v) is 13.9. The average Bonchev–Trinajstić information content (AvgIpc) is 2.62. The summed E-state index contributed by atoms with van der Waals surface area (Å²) >= 11 is 0. The van der Waals surface area contributed by atoms with Crippen molar-refractivity contribution < 1.29 is 0 Å². The Hall–Kier alpha value is -2.33. The topological polar surface area (TPSA) is 22.1 Å². The predicted molar refractivity (Wildman–Crippen MR) is 97.6 cm³/mol. The van der Waals surface area contributed by atoms with Crippen LogP contribution >= 0.6 is 0 Å². The standard InChI is InChI=1S/C19H24N4/c1-21-12-14-23(15-13-21)20-16-17-8-10-19(11-9-17)22(2)18-6-4-3-5-7-18/h3-11,16H,12-15H2,1-2H3. The zero-order chi connectivity index (χ0) is 16.1. The quantitative estimate of drug-likeness (QED) is 0.811. The Bertz CT molecular complexity index is 628. The highest BCUT2D eigenvalue weighted by Crippen LogP contribution is 2.22. The number of rotatable bonds is 4. The third kappa shape index (κ3) is 4.11. The van der Waals surface area contributed by atoms with Crippen molar-refractivity contribution >= 4 is 17.6 Å². The first kappa shape index (κ1) is 15.6. The smallest absolute Gasteiger partial charge is 0.0542 e. The van der Waals surface area contributed by atoms with Gasteiger partial charge >= 0.3 is 0 Å². The third-order valence-corrected chi connectivity index (χ3v) is 4.27. The number of hydrogen-bond acceptors (Lipinski definition) is 4. The molecule has 1 fully saturated rings. The van der Waals surface area contributed by atoms with E-state index in [1.807, 2.05) is 12.3 Å². The molecule has 0 aromatic heterocycles. The molecular formula is C19H24N4. The van der Waals surface area contributed by atoms with Crippen molar-refractivity contribution in [3.63, 3.8) is 0 Å². The van der Waals surface area contributed by atoms with Gasteiger partial charge in [0.25, 0.3) is 0 Å². The molecule has 1 saturated heterocycles. The van der Waals surface area contributed by atoms with Gasteiger partial charge in [-0.15, -0.1) is 0 Å². The maximum Gasteiger partial charge on any atom is 0.0542 e. The highest BCUT2D eigenvalue weighted by molar-refractivity contribution is 5.80. The van der Waals surface area contributed by atoms with Crippen LogP contribution < -0.4 is 4.90 Å². The van der Waals surface area contributed by atoms with Gasteiger partial charge in [0, 0.05) is 44.6 Å². The molecule has 0 atom stereocenters. The molecule has 2 aromatic rings. The lowest BCUT2D eigenvalue weighted by atomic mass is 10.2. The largest absolute Gasteiger partial charge is 0.345 e. The van der Waals surface area contributed by atoms with Crippen LogP contribution in [-0.2, 0) is 0 Å². The molecule has 120 valence electrons. The number of piperazine rings is 1. The molecule has 1 heterocycles. The molecule has 0 saturated carbocycles. The number of anilines is 2. The van der Waals surface area contributed by atoms with Crippen LogP contribution in [0.5, 0.6) is 0 Å². The van der Waals surface area contributed by atoms with Crippen molar-refractivity contribution in [2.24, 2.45) is 5.10 Å². The van der Waals surface area contributed by atoms with Gasteiger partial charge in [-0.3, -0.25) is 5.01 Å². The lowest BCUT2D eigenvalue weighted by Gasteiger charge is -2.30. The summed E-state index contributed by atoms with van der Waals surface area (Å²) in [5, 5.41) is 6.73. The fraction of sp³-hybridized carbons (Fsp3) is 0.316. The number of para-hydroxylation sites is 1. The van der Waals surface area contributed by atoms with Crippen LogP contribution in [0.25, 0.3) is 0 Å². The van der Waals surface area contributed by atoms with Crippen molar-refractivity contribution in [3.8, 4) is 0 Å². The SMILES string of the molecule is CN1CCN(N=Cc2ccc(N(C)c3ccccc3)cc2)CC1. The summed E-state index contributed by atoms with van der Waals surface area (Å²) in [5.41, 5.74) is 3.49. The highest BCUT2D eigenvalue weighted by Gasteiger charge is 2.10. The summed E-state index contributed by atoms with van der Waals surface area (Å²) in [6, 6.07) is 18.9. The maximum atomic E-state index is 4.59. The first-order chi connectivity index (χ1) is 11.2. The molecule has 3 rings (SSSR count). The van der Waals surface area contributed by atoms with Crippen molar-refractivity contribution in [1.82, 2.24) is 9.91 Å². The number of benzene rings is 2. The van der Waals surface area contributed by atoms with Crippen molar-refractivity contribution in [1.29, 1.82) is 0 Å². The van der Waals surface area contributed by atoms with E-state index in [0.717, 1.165) is 31.7 Å². The molecule has 4 heteroatoms.